The molecule has 0 aliphatic carbocycles. The minimum atomic E-state index is -0.897. The summed E-state index contributed by atoms with van der Waals surface area (Å²) < 4.78 is 32.0. The number of aryl methyl sites for hydroxylation is 1. The number of halogens is 2. The van der Waals surface area contributed by atoms with E-state index in [0.29, 0.717) is 49.4 Å². The van der Waals surface area contributed by atoms with Crippen LogP contribution in [0.25, 0.3) is 49.8 Å². The third kappa shape index (κ3) is 13.2. The average Bonchev–Trinajstić information content (AvgIpc) is 4.07. The Bertz CT molecular complexity index is 3770. The van der Waals surface area contributed by atoms with Crippen LogP contribution in [0, 0.1) is 18.6 Å². The van der Waals surface area contributed by atoms with Crippen molar-refractivity contribution in [1.82, 2.24) is 39.2 Å². The summed E-state index contributed by atoms with van der Waals surface area (Å²) in [6, 6.07) is 26.4. The predicted octanol–water partition coefficient (Wildman–Crippen LogP) is 10.5. The summed E-state index contributed by atoms with van der Waals surface area (Å²) in [7, 11) is 4.05. The van der Waals surface area contributed by atoms with E-state index in [9.17, 15) is 28.7 Å². The second-order valence-corrected chi connectivity index (χ2v) is 22.6. The van der Waals surface area contributed by atoms with Crippen LogP contribution in [0.2, 0.25) is 0 Å². The molecule has 3 fully saturated rings. The number of phenols is 1. The van der Waals surface area contributed by atoms with Gasteiger partial charge in [0.15, 0.2) is 11.5 Å². The number of anilines is 6. The van der Waals surface area contributed by atoms with E-state index < -0.39 is 34.3 Å². The molecule has 0 bridgehead atoms. The van der Waals surface area contributed by atoms with Crippen LogP contribution in [0.3, 0.4) is 0 Å². The molecule has 3 aliphatic rings. The molecule has 11 rings (SSSR count). The molecule has 1 unspecified atom stereocenters. The second kappa shape index (κ2) is 25.9. The van der Waals surface area contributed by atoms with Crippen molar-refractivity contribution in [3.05, 3.63) is 143 Å². The van der Waals surface area contributed by atoms with Crippen LogP contribution in [0.4, 0.5) is 43.0 Å². The number of benzene rings is 4. The van der Waals surface area contributed by atoms with Crippen molar-refractivity contribution in [2.45, 2.75) is 78.2 Å². The quantitative estimate of drug-likeness (QED) is 0.0527. The molecule has 0 saturated carbocycles. The molecule has 8 aromatic rings. The molecule has 7 heterocycles. The van der Waals surface area contributed by atoms with Crippen LogP contribution >= 0.6 is 0 Å². The van der Waals surface area contributed by atoms with Crippen molar-refractivity contribution in [3.8, 4) is 22.7 Å². The topological polar surface area (TPSA) is 197 Å². The van der Waals surface area contributed by atoms with Crippen LogP contribution < -0.4 is 31.4 Å². The number of phenolic OH excluding ortho intramolecular Hbond substituents is 1. The van der Waals surface area contributed by atoms with Gasteiger partial charge in [-0.3, -0.25) is 19.4 Å². The molecular formula is C65H73F2N13O5. The molecule has 4 aromatic carbocycles. The third-order valence-electron chi connectivity index (χ3n) is 16.0. The Morgan fingerprint density at radius 3 is 1.91 bits per heavy atom. The maximum absolute atomic E-state index is 15.8. The number of aromatic nitrogens is 5. The fraction of sp³-hybridized carbons (Fsp3) is 0.354. The Hall–Kier alpha value is -8.88. The largest absolute Gasteiger partial charge is 0.507 e. The van der Waals surface area contributed by atoms with Gasteiger partial charge in [0, 0.05) is 105 Å². The molecule has 0 spiro atoms. The first kappa shape index (κ1) is 59.3. The number of hydrogen-bond acceptors (Lipinski definition) is 14. The summed E-state index contributed by atoms with van der Waals surface area (Å²) in [5.41, 5.74) is 6.27. The number of piperazine rings is 1. The Balaban J connectivity index is 0.000000190. The molecule has 1 atom stereocenters. The summed E-state index contributed by atoms with van der Waals surface area (Å²) in [6.45, 7) is 18.0. The summed E-state index contributed by atoms with van der Waals surface area (Å²) in [5.74, 6) is -2.33. The lowest BCUT2D eigenvalue weighted by Crippen LogP contribution is -2.54. The first-order valence-corrected chi connectivity index (χ1v) is 29.2. The number of pyridine rings is 3. The highest BCUT2D eigenvalue weighted by atomic mass is 19.1. The molecule has 3 saturated heterocycles. The van der Waals surface area contributed by atoms with Gasteiger partial charge in [0.05, 0.1) is 39.1 Å². The summed E-state index contributed by atoms with van der Waals surface area (Å²) in [5, 5.41) is 22.3. The van der Waals surface area contributed by atoms with Crippen LogP contribution in [-0.4, -0.2) is 141 Å². The van der Waals surface area contributed by atoms with Crippen molar-refractivity contribution in [1.29, 1.82) is 0 Å². The zero-order valence-corrected chi connectivity index (χ0v) is 49.1. The number of carbonyl (C=O) groups is 3. The lowest BCUT2D eigenvalue weighted by molar-refractivity contribution is -0.126. The molecule has 3 aliphatic heterocycles. The number of hydrogen-bond donors (Lipinski definition) is 4. The third-order valence-corrected chi connectivity index (χ3v) is 16.0. The molecule has 18 nitrogen and oxygen atoms in total. The van der Waals surface area contributed by atoms with E-state index in [4.69, 9.17) is 4.98 Å². The maximum atomic E-state index is 15.8. The lowest BCUT2D eigenvalue weighted by Gasteiger charge is -2.40. The highest BCUT2D eigenvalue weighted by Gasteiger charge is 2.31. The van der Waals surface area contributed by atoms with E-state index in [1.165, 1.54) is 48.5 Å². The normalized spacial score (nSPS) is 15.6. The number of fused-ring (bicyclic) bond motifs is 3. The first-order chi connectivity index (χ1) is 40.9. The van der Waals surface area contributed by atoms with Gasteiger partial charge in [-0.05, 0) is 168 Å². The van der Waals surface area contributed by atoms with Crippen molar-refractivity contribution in [3.63, 3.8) is 0 Å². The number of carbonyl (C=O) groups excluding carboxylic acids is 3. The minimum absolute atomic E-state index is 0.00954. The fourth-order valence-electron chi connectivity index (χ4n) is 11.5. The monoisotopic (exact) mass is 1150 g/mol. The van der Waals surface area contributed by atoms with Gasteiger partial charge in [-0.2, -0.15) is 4.98 Å². The SMILES string of the molecule is C=CC(=O)N1CCN(c2nc(=O)n(-c3c(C)ccnc3C(C)C)c3nc(-c4c(O)cccc4F)c(F)cc23)C(C)C1.CN(C)c1ccc(Nc2c3ccc(NC(=O)CCN4CCCC4)cc3nc3cc(NC(=O)CCN4CCCC4)ccc23)cc1. The maximum Gasteiger partial charge on any atom is 0.355 e. The summed E-state index contributed by atoms with van der Waals surface area (Å²) in [6.07, 6.45) is 8.69. The van der Waals surface area contributed by atoms with Gasteiger partial charge in [-0.15, -0.1) is 0 Å². The lowest BCUT2D eigenvalue weighted by atomic mass is 10.0. The van der Waals surface area contributed by atoms with E-state index in [1.54, 1.807) is 17.2 Å². The number of nitrogens with zero attached hydrogens (tertiary/aromatic N) is 10. The smallest absolute Gasteiger partial charge is 0.355 e. The number of rotatable bonds is 16. The van der Waals surface area contributed by atoms with Crippen LogP contribution in [0.5, 0.6) is 5.75 Å². The van der Waals surface area contributed by atoms with Crippen molar-refractivity contribution in [2.75, 3.05) is 98.7 Å². The van der Waals surface area contributed by atoms with Gasteiger partial charge in [0.1, 0.15) is 23.1 Å². The Morgan fingerprint density at radius 1 is 0.753 bits per heavy atom. The van der Waals surface area contributed by atoms with Gasteiger partial charge in [-0.1, -0.05) is 26.5 Å². The molecule has 85 heavy (non-hydrogen) atoms. The first-order valence-electron chi connectivity index (χ1n) is 29.2. The minimum Gasteiger partial charge on any atom is -0.507 e. The highest BCUT2D eigenvalue weighted by molar-refractivity contribution is 6.11. The number of amides is 3. The number of aromatic hydroxyl groups is 1. The summed E-state index contributed by atoms with van der Waals surface area (Å²) in [4.78, 5) is 80.3. The zero-order chi connectivity index (χ0) is 60.1. The second-order valence-electron chi connectivity index (χ2n) is 22.6. The van der Waals surface area contributed by atoms with Crippen LogP contribution in [-0.2, 0) is 14.4 Å². The van der Waals surface area contributed by atoms with E-state index in [1.807, 2.05) is 83.1 Å². The van der Waals surface area contributed by atoms with Gasteiger partial charge < -0.3 is 45.6 Å². The zero-order valence-electron chi connectivity index (χ0n) is 49.1. The number of nitrogens with one attached hydrogen (secondary N) is 3. The Labute approximate surface area is 493 Å². The molecule has 0 radical (unpaired) electrons. The van der Waals surface area contributed by atoms with E-state index in [-0.39, 0.29) is 46.5 Å². The predicted molar refractivity (Wildman–Crippen MR) is 333 cm³/mol. The standard InChI is InChI=1S/C35H43N7O2.C30H30F2N6O3/c1-40(2)28-11-7-25(8-12-28)38-35-29-13-9-26(36-33(43)15-21-41-17-3-4-18-41)23-31(29)39-32-24-27(10-14-30(32)35)37-34(44)16-22-42-19-5-6-20-42;1-6-23(40)36-12-13-37(18(5)15-36)28-19-14-21(32)26(24-20(31)8-7-9-22(24)39)34-29(19)38(30(41)35-28)27-17(4)10-11-33-25(27)16(2)3/h7-14,23-24H,3-6,15-22H2,1-2H3,(H,36,43)(H,37,44)(H,38,39);6-11,14,16,18,39H,1,12-13,15H2,2-5H3. The molecule has 4 aromatic heterocycles. The number of likely N-dealkylation sites (tertiary alicyclic amines) is 2. The Morgan fingerprint density at radius 2 is 1.35 bits per heavy atom. The van der Waals surface area contributed by atoms with Crippen molar-refractivity contribution in [2.24, 2.45) is 0 Å². The van der Waals surface area contributed by atoms with E-state index in [0.717, 1.165) is 102 Å². The van der Waals surface area contributed by atoms with Gasteiger partial charge >= 0.3 is 5.69 Å². The van der Waals surface area contributed by atoms with Crippen molar-refractivity contribution >= 4 is 84.8 Å². The molecule has 3 amide bonds. The van der Waals surface area contributed by atoms with Crippen LogP contribution in [0.1, 0.15) is 76.5 Å². The van der Waals surface area contributed by atoms with Gasteiger partial charge in [-0.25, -0.2) is 28.1 Å². The molecular weight excluding hydrogens is 1080 g/mol. The van der Waals surface area contributed by atoms with E-state index >= 15 is 4.39 Å². The molecule has 442 valence electrons. The fourth-order valence-corrected chi connectivity index (χ4v) is 11.5. The average molecular weight is 1150 g/mol. The molecule has 4 N–H and O–H groups in total. The van der Waals surface area contributed by atoms with Crippen LogP contribution in [0.15, 0.2) is 115 Å². The van der Waals surface area contributed by atoms with Gasteiger partial charge in [0.2, 0.25) is 17.7 Å². The highest BCUT2D eigenvalue weighted by Crippen LogP contribution is 2.39. The summed E-state index contributed by atoms with van der Waals surface area (Å²) >= 11 is 0. The van der Waals surface area contributed by atoms with Gasteiger partial charge in [0.25, 0.3) is 0 Å². The van der Waals surface area contributed by atoms with E-state index in [2.05, 4.69) is 76.4 Å². The molecule has 20 heteroatoms. The van der Waals surface area contributed by atoms with Crippen molar-refractivity contribution < 1.29 is 28.3 Å². The Kier molecular flexibility index (Phi) is 18.1.